The maximum atomic E-state index is 12.6. The summed E-state index contributed by atoms with van der Waals surface area (Å²) in [6.45, 7) is 3.66. The van der Waals surface area contributed by atoms with Gasteiger partial charge in [0, 0.05) is 24.6 Å². The van der Waals surface area contributed by atoms with Gasteiger partial charge in [-0.1, -0.05) is 122 Å². The Bertz CT molecular complexity index is 1990. The number of aromatic nitrogens is 2. The lowest BCUT2D eigenvalue weighted by molar-refractivity contribution is -0.276. The van der Waals surface area contributed by atoms with Gasteiger partial charge >= 0.3 is 6.03 Å². The molecule has 0 radical (unpaired) electrons. The summed E-state index contributed by atoms with van der Waals surface area (Å²) in [6, 6.07) is 42.1. The number of amides is 2. The Morgan fingerprint density at radius 3 is 2.24 bits per heavy atom. The predicted octanol–water partition coefficient (Wildman–Crippen LogP) is 7.69. The molecule has 3 N–H and O–H groups in total. The largest absolute Gasteiger partial charge is 0.392 e. The summed E-state index contributed by atoms with van der Waals surface area (Å²) in [4.78, 5) is 17.2. The van der Waals surface area contributed by atoms with Gasteiger partial charge in [-0.3, -0.25) is 0 Å². The number of hydrogen-bond acceptors (Lipinski definition) is 5. The summed E-state index contributed by atoms with van der Waals surface area (Å²) in [7, 11) is 0. The molecule has 248 valence electrons. The summed E-state index contributed by atoms with van der Waals surface area (Å²) >= 11 is 0. The number of imidazole rings is 1. The second-order valence-corrected chi connectivity index (χ2v) is 12.5. The first-order valence-electron chi connectivity index (χ1n) is 16.7. The molecule has 0 bridgehead atoms. The smallest absolute Gasteiger partial charge is 0.315 e. The minimum Gasteiger partial charge on any atom is -0.392 e. The van der Waals surface area contributed by atoms with Gasteiger partial charge < -0.3 is 29.8 Å². The van der Waals surface area contributed by atoms with Crippen molar-refractivity contribution in [3.63, 3.8) is 0 Å². The van der Waals surface area contributed by atoms with Gasteiger partial charge in [-0.15, -0.1) is 0 Å². The minimum absolute atomic E-state index is 0.00355. The van der Waals surface area contributed by atoms with Gasteiger partial charge in [-0.2, -0.15) is 0 Å². The first kappa shape index (κ1) is 32.3. The molecule has 7 rings (SSSR count). The van der Waals surface area contributed by atoms with E-state index in [0.717, 1.165) is 50.0 Å². The highest BCUT2D eigenvalue weighted by atomic mass is 16.7. The number of fused-ring (bicyclic) bond motifs is 1. The maximum Gasteiger partial charge on any atom is 0.315 e. The molecule has 2 amide bonds. The van der Waals surface area contributed by atoms with Crippen molar-refractivity contribution in [3.05, 3.63) is 162 Å². The zero-order valence-corrected chi connectivity index (χ0v) is 27.4. The van der Waals surface area contributed by atoms with Crippen LogP contribution in [0.4, 0.5) is 4.79 Å². The number of urea groups is 1. The lowest BCUT2D eigenvalue weighted by Gasteiger charge is -2.41. The van der Waals surface area contributed by atoms with Crippen molar-refractivity contribution in [1.29, 1.82) is 0 Å². The van der Waals surface area contributed by atoms with Crippen molar-refractivity contribution < 1.29 is 19.4 Å². The molecule has 1 aliphatic heterocycles. The number of rotatable bonds is 10. The van der Waals surface area contributed by atoms with Crippen LogP contribution in [0.2, 0.25) is 0 Å². The number of aliphatic hydroxyl groups excluding tert-OH is 1. The molecule has 1 fully saturated rings. The van der Waals surface area contributed by atoms with Crippen molar-refractivity contribution in [3.8, 4) is 11.1 Å². The van der Waals surface area contributed by atoms with Gasteiger partial charge in [0.25, 0.3) is 0 Å². The van der Waals surface area contributed by atoms with Crippen LogP contribution in [0.5, 0.6) is 0 Å². The van der Waals surface area contributed by atoms with E-state index in [4.69, 9.17) is 9.47 Å². The normalized spacial score (nSPS) is 19.1. The molecule has 5 aromatic carbocycles. The van der Waals surface area contributed by atoms with Crippen molar-refractivity contribution in [2.75, 3.05) is 0 Å². The number of nitrogens with one attached hydrogen (secondary N) is 2. The van der Waals surface area contributed by atoms with Crippen LogP contribution in [0.1, 0.15) is 47.1 Å². The van der Waals surface area contributed by atoms with Gasteiger partial charge in [0.05, 0.1) is 42.7 Å². The van der Waals surface area contributed by atoms with Crippen molar-refractivity contribution >= 4 is 17.1 Å². The fourth-order valence-electron chi connectivity index (χ4n) is 6.47. The van der Waals surface area contributed by atoms with Crippen LogP contribution in [0, 0.1) is 5.92 Å². The lowest BCUT2D eigenvalue weighted by Crippen LogP contribution is -2.39. The maximum absolute atomic E-state index is 12.6. The zero-order chi connectivity index (χ0) is 33.6. The van der Waals surface area contributed by atoms with E-state index in [0.29, 0.717) is 19.6 Å². The molecule has 0 unspecified atom stereocenters. The average Bonchev–Trinajstić information content (AvgIpc) is 3.57. The molecule has 1 saturated heterocycles. The Labute approximate surface area is 286 Å². The Kier molecular flexibility index (Phi) is 9.79. The molecule has 0 saturated carbocycles. The fourth-order valence-corrected chi connectivity index (χ4v) is 6.47. The van der Waals surface area contributed by atoms with Crippen LogP contribution in [0.3, 0.4) is 0 Å². The third-order valence-corrected chi connectivity index (χ3v) is 9.27. The van der Waals surface area contributed by atoms with Crippen LogP contribution in [0.25, 0.3) is 22.2 Å². The highest BCUT2D eigenvalue weighted by Gasteiger charge is 2.38. The molecule has 2 heterocycles. The summed E-state index contributed by atoms with van der Waals surface area (Å²) < 4.78 is 15.6. The van der Waals surface area contributed by atoms with E-state index in [9.17, 15) is 9.90 Å². The van der Waals surface area contributed by atoms with E-state index in [1.165, 1.54) is 0 Å². The van der Waals surface area contributed by atoms with Gasteiger partial charge in [0.15, 0.2) is 6.29 Å². The quantitative estimate of drug-likeness (QED) is 0.141. The Morgan fingerprint density at radius 1 is 0.755 bits per heavy atom. The van der Waals surface area contributed by atoms with Gasteiger partial charge in [0.2, 0.25) is 0 Å². The number of hydrogen-bond donors (Lipinski definition) is 3. The monoisotopic (exact) mass is 652 g/mol. The second kappa shape index (κ2) is 14.9. The van der Waals surface area contributed by atoms with Crippen LogP contribution < -0.4 is 10.6 Å². The van der Waals surface area contributed by atoms with Crippen molar-refractivity contribution in [1.82, 2.24) is 20.2 Å². The summed E-state index contributed by atoms with van der Waals surface area (Å²) in [5.41, 5.74) is 8.99. The Hall–Kier alpha value is -5.28. The first-order valence-corrected chi connectivity index (χ1v) is 16.7. The molecule has 1 aliphatic rings. The summed E-state index contributed by atoms with van der Waals surface area (Å²) in [5.74, 6) is 0.0425. The minimum atomic E-state index is -0.585. The number of nitrogens with zero attached hydrogens (tertiary/aromatic N) is 2. The highest BCUT2D eigenvalue weighted by Crippen LogP contribution is 2.42. The molecule has 1 aromatic heterocycles. The SMILES string of the molecule is C[C@@H]1[C@H](Cn2cnc3ccccc32)O[C@H](c2ccc(-c3ccccc3CNC(=O)NCc3ccccc3)cc2)O[C@@H]1c1ccc(CO)cc1. The van der Waals surface area contributed by atoms with E-state index >= 15 is 0 Å². The molecule has 0 spiro atoms. The molecular weight excluding hydrogens is 612 g/mol. The Morgan fingerprint density at radius 2 is 1.45 bits per heavy atom. The standard InChI is InChI=1S/C41H40N4O4/c1-28-38(25-45-27-44-36-13-7-8-14-37(36)45)48-40(49-39(28)32-17-15-30(26-46)16-18-32)33-21-19-31(20-22-33)35-12-6-5-11-34(35)24-43-41(47)42-23-29-9-3-2-4-10-29/h2-22,27-28,38-40,46H,23-26H2,1H3,(H2,42,43,47)/t28-,38+,39+,40+/m1/s1. The lowest BCUT2D eigenvalue weighted by atomic mass is 9.90. The van der Waals surface area contributed by atoms with E-state index in [1.807, 2.05) is 97.3 Å². The topological polar surface area (TPSA) is 97.6 Å². The molecule has 6 aromatic rings. The molecule has 8 nitrogen and oxygen atoms in total. The van der Waals surface area contributed by atoms with Crippen LogP contribution in [-0.4, -0.2) is 26.8 Å². The molecule has 49 heavy (non-hydrogen) atoms. The molecular formula is C41H40N4O4. The average molecular weight is 653 g/mol. The third kappa shape index (κ3) is 7.42. The number of benzene rings is 5. The Balaban J connectivity index is 1.09. The number of aliphatic hydroxyl groups is 1. The third-order valence-electron chi connectivity index (χ3n) is 9.27. The molecule has 8 heteroatoms. The van der Waals surface area contributed by atoms with Gasteiger partial charge in [-0.05, 0) is 45.5 Å². The fraction of sp³-hybridized carbons (Fsp3) is 0.220. The van der Waals surface area contributed by atoms with Crippen LogP contribution >= 0.6 is 0 Å². The second-order valence-electron chi connectivity index (χ2n) is 12.5. The van der Waals surface area contributed by atoms with Crippen LogP contribution in [0.15, 0.2) is 134 Å². The number of para-hydroxylation sites is 2. The van der Waals surface area contributed by atoms with Crippen molar-refractivity contribution in [2.45, 2.75) is 51.7 Å². The highest BCUT2D eigenvalue weighted by molar-refractivity contribution is 5.75. The number of carbonyl (C=O) groups excluding carboxylic acids is 1. The van der Waals surface area contributed by atoms with E-state index in [-0.39, 0.29) is 30.8 Å². The summed E-state index contributed by atoms with van der Waals surface area (Å²) in [5, 5.41) is 15.5. The number of ether oxygens (including phenoxy) is 2. The van der Waals surface area contributed by atoms with E-state index in [2.05, 4.69) is 63.5 Å². The van der Waals surface area contributed by atoms with E-state index < -0.39 is 6.29 Å². The first-order chi connectivity index (χ1) is 24.1. The molecule has 4 atom stereocenters. The van der Waals surface area contributed by atoms with Gasteiger partial charge in [0.1, 0.15) is 0 Å². The van der Waals surface area contributed by atoms with Crippen molar-refractivity contribution in [2.24, 2.45) is 5.92 Å². The molecule has 0 aliphatic carbocycles. The van der Waals surface area contributed by atoms with E-state index in [1.54, 1.807) is 0 Å². The summed E-state index contributed by atoms with van der Waals surface area (Å²) in [6.07, 6.45) is 0.923. The van der Waals surface area contributed by atoms with Crippen LogP contribution in [-0.2, 0) is 35.7 Å². The number of carbonyl (C=O) groups is 1. The van der Waals surface area contributed by atoms with Gasteiger partial charge in [-0.25, -0.2) is 9.78 Å². The zero-order valence-electron chi connectivity index (χ0n) is 27.4. The predicted molar refractivity (Wildman–Crippen MR) is 190 cm³/mol.